The van der Waals surface area contributed by atoms with Gasteiger partial charge in [-0.25, -0.2) is 4.79 Å². The van der Waals surface area contributed by atoms with Crippen LogP contribution in [0, 0.1) is 6.92 Å². The van der Waals surface area contributed by atoms with E-state index in [4.69, 9.17) is 28.9 Å². The van der Waals surface area contributed by atoms with Crippen molar-refractivity contribution in [3.8, 4) is 0 Å². The molecule has 0 saturated heterocycles. The van der Waals surface area contributed by atoms with Gasteiger partial charge in [0.05, 0.1) is 22.0 Å². The van der Waals surface area contributed by atoms with Crippen molar-refractivity contribution in [2.75, 3.05) is 11.1 Å². The number of nitrogens with two attached hydrogens (primary N) is 1. The van der Waals surface area contributed by atoms with Gasteiger partial charge in [-0.3, -0.25) is 0 Å². The van der Waals surface area contributed by atoms with Crippen LogP contribution in [-0.2, 0) is 0 Å². The van der Waals surface area contributed by atoms with E-state index in [1.54, 1.807) is 6.07 Å². The average Bonchev–Trinajstić information content (AvgIpc) is 2.38. The Kier molecular flexibility index (Phi) is 4.66. The van der Waals surface area contributed by atoms with Crippen LogP contribution in [0.25, 0.3) is 0 Å². The first-order valence-corrected chi connectivity index (χ1v) is 7.39. The molecule has 2 aromatic carbocycles. The van der Waals surface area contributed by atoms with Crippen LogP contribution >= 0.6 is 39.1 Å². The maximum absolute atomic E-state index is 11.3. The van der Waals surface area contributed by atoms with E-state index in [0.29, 0.717) is 10.7 Å². The van der Waals surface area contributed by atoms with E-state index in [-0.39, 0.29) is 22.0 Å². The van der Waals surface area contributed by atoms with Crippen molar-refractivity contribution in [2.45, 2.75) is 6.92 Å². The fraction of sp³-hybridized carbons (Fsp3) is 0.0714. The molecule has 0 radical (unpaired) electrons. The monoisotopic (exact) mass is 388 g/mol. The number of benzene rings is 2. The number of carboxylic acid groups (broad SMARTS) is 1. The number of anilines is 3. The van der Waals surface area contributed by atoms with Crippen molar-refractivity contribution < 1.29 is 9.90 Å². The number of carbonyl (C=O) groups is 1. The fourth-order valence-corrected chi connectivity index (χ4v) is 2.80. The number of nitrogen functional groups attached to an aromatic ring is 1. The second-order valence-corrected chi connectivity index (χ2v) is 6.11. The SMILES string of the molecule is Cc1cc(Br)c(Nc2c(Cl)cc(N)cc2C(=O)O)cc1Cl. The lowest BCUT2D eigenvalue weighted by molar-refractivity contribution is 0.0698. The van der Waals surface area contributed by atoms with Gasteiger partial charge < -0.3 is 16.2 Å². The molecule has 4 N–H and O–H groups in total. The zero-order valence-electron chi connectivity index (χ0n) is 10.9. The minimum absolute atomic E-state index is 0.0106. The maximum atomic E-state index is 11.3. The molecule has 0 bridgehead atoms. The standard InChI is InChI=1S/C14H11BrCl2N2O2/c1-6-2-9(15)12(5-10(6)16)19-13-8(14(20)21)3-7(18)4-11(13)17/h2-5,19H,18H2,1H3,(H,20,21). The Hall–Kier alpha value is -1.43. The van der Waals surface area contributed by atoms with Crippen molar-refractivity contribution in [3.63, 3.8) is 0 Å². The number of nitrogens with one attached hydrogen (secondary N) is 1. The number of rotatable bonds is 3. The molecule has 0 atom stereocenters. The third-order valence-electron chi connectivity index (χ3n) is 2.85. The van der Waals surface area contributed by atoms with Gasteiger partial charge in [0, 0.05) is 15.2 Å². The second kappa shape index (κ2) is 6.13. The number of hydrogen-bond donors (Lipinski definition) is 3. The molecule has 0 aliphatic carbocycles. The normalized spacial score (nSPS) is 10.5. The van der Waals surface area contributed by atoms with Crippen LogP contribution in [-0.4, -0.2) is 11.1 Å². The summed E-state index contributed by atoms with van der Waals surface area (Å²) in [5, 5.41) is 13.0. The lowest BCUT2D eigenvalue weighted by atomic mass is 10.1. The molecule has 0 unspecified atom stereocenters. The first-order valence-electron chi connectivity index (χ1n) is 5.84. The summed E-state index contributed by atoms with van der Waals surface area (Å²) < 4.78 is 0.744. The van der Waals surface area contributed by atoms with E-state index in [1.807, 2.05) is 13.0 Å². The minimum atomic E-state index is -1.12. The summed E-state index contributed by atoms with van der Waals surface area (Å²) in [5.41, 5.74) is 7.67. The summed E-state index contributed by atoms with van der Waals surface area (Å²) in [4.78, 5) is 11.3. The minimum Gasteiger partial charge on any atom is -0.478 e. The highest BCUT2D eigenvalue weighted by molar-refractivity contribution is 9.10. The van der Waals surface area contributed by atoms with Gasteiger partial charge in [0.2, 0.25) is 0 Å². The Morgan fingerprint density at radius 3 is 2.52 bits per heavy atom. The lowest BCUT2D eigenvalue weighted by Gasteiger charge is -2.15. The third kappa shape index (κ3) is 3.43. The van der Waals surface area contributed by atoms with Crippen molar-refractivity contribution >= 4 is 62.2 Å². The van der Waals surface area contributed by atoms with Crippen LogP contribution in [0.15, 0.2) is 28.7 Å². The molecule has 0 aliphatic rings. The van der Waals surface area contributed by atoms with E-state index < -0.39 is 5.97 Å². The van der Waals surface area contributed by atoms with Gasteiger partial charge in [0.25, 0.3) is 0 Å². The van der Waals surface area contributed by atoms with Crippen LogP contribution in [0.3, 0.4) is 0 Å². The Bertz CT molecular complexity index is 735. The third-order valence-corrected chi connectivity index (χ3v) is 4.21. The summed E-state index contributed by atoms with van der Waals surface area (Å²) in [6.07, 6.45) is 0. The zero-order valence-corrected chi connectivity index (χ0v) is 14.0. The molecule has 7 heteroatoms. The molecule has 0 amide bonds. The van der Waals surface area contributed by atoms with Gasteiger partial charge in [-0.15, -0.1) is 0 Å². The topological polar surface area (TPSA) is 75.3 Å². The molecule has 110 valence electrons. The van der Waals surface area contributed by atoms with Crippen LogP contribution in [0.4, 0.5) is 17.1 Å². The Balaban J connectivity index is 2.54. The fourth-order valence-electron chi connectivity index (χ4n) is 1.80. The summed E-state index contributed by atoms with van der Waals surface area (Å²) in [6.45, 7) is 1.87. The van der Waals surface area contributed by atoms with Gasteiger partial charge in [-0.1, -0.05) is 23.2 Å². The number of hydrogen-bond acceptors (Lipinski definition) is 3. The molecular weight excluding hydrogens is 379 g/mol. The number of aromatic carboxylic acids is 1. The summed E-state index contributed by atoms with van der Waals surface area (Å²) >= 11 is 15.6. The van der Waals surface area contributed by atoms with Crippen LogP contribution in [0.1, 0.15) is 15.9 Å². The molecule has 0 aromatic heterocycles. The van der Waals surface area contributed by atoms with Crippen LogP contribution in [0.2, 0.25) is 10.0 Å². The van der Waals surface area contributed by atoms with Gasteiger partial charge in [-0.2, -0.15) is 0 Å². The van der Waals surface area contributed by atoms with Crippen LogP contribution < -0.4 is 11.1 Å². The van der Waals surface area contributed by atoms with Crippen molar-refractivity contribution in [2.24, 2.45) is 0 Å². The zero-order chi connectivity index (χ0) is 15.7. The number of halogens is 3. The molecule has 2 rings (SSSR count). The maximum Gasteiger partial charge on any atom is 0.337 e. The van der Waals surface area contributed by atoms with E-state index in [1.165, 1.54) is 12.1 Å². The first kappa shape index (κ1) is 15.9. The highest BCUT2D eigenvalue weighted by Crippen LogP contribution is 2.36. The molecule has 0 fully saturated rings. The molecule has 0 aliphatic heterocycles. The smallest absolute Gasteiger partial charge is 0.337 e. The second-order valence-electron chi connectivity index (χ2n) is 4.44. The van der Waals surface area contributed by atoms with Gasteiger partial charge in [-0.05, 0) is 52.7 Å². The molecule has 21 heavy (non-hydrogen) atoms. The Morgan fingerprint density at radius 2 is 1.90 bits per heavy atom. The summed E-state index contributed by atoms with van der Waals surface area (Å²) in [7, 11) is 0. The summed E-state index contributed by atoms with van der Waals surface area (Å²) in [5.74, 6) is -1.12. The van der Waals surface area contributed by atoms with E-state index >= 15 is 0 Å². The van der Waals surface area contributed by atoms with Gasteiger partial charge in [0.1, 0.15) is 0 Å². The Morgan fingerprint density at radius 1 is 1.24 bits per heavy atom. The lowest BCUT2D eigenvalue weighted by Crippen LogP contribution is -2.05. The molecule has 0 saturated carbocycles. The largest absolute Gasteiger partial charge is 0.478 e. The predicted molar refractivity (Wildman–Crippen MR) is 90.0 cm³/mol. The quantitative estimate of drug-likeness (QED) is 0.639. The van der Waals surface area contributed by atoms with Crippen molar-refractivity contribution in [1.82, 2.24) is 0 Å². The highest BCUT2D eigenvalue weighted by Gasteiger charge is 2.16. The van der Waals surface area contributed by atoms with E-state index in [2.05, 4.69) is 21.2 Å². The highest BCUT2D eigenvalue weighted by atomic mass is 79.9. The average molecular weight is 390 g/mol. The first-order chi connectivity index (χ1) is 9.79. The van der Waals surface area contributed by atoms with E-state index in [0.717, 1.165) is 10.0 Å². The molecule has 0 spiro atoms. The van der Waals surface area contributed by atoms with E-state index in [9.17, 15) is 9.90 Å². The molecule has 2 aromatic rings. The molecule has 0 heterocycles. The summed E-state index contributed by atoms with van der Waals surface area (Å²) in [6, 6.07) is 6.36. The molecule has 4 nitrogen and oxygen atoms in total. The van der Waals surface area contributed by atoms with Gasteiger partial charge in [0.15, 0.2) is 0 Å². The van der Waals surface area contributed by atoms with Crippen molar-refractivity contribution in [3.05, 3.63) is 49.9 Å². The van der Waals surface area contributed by atoms with Gasteiger partial charge >= 0.3 is 5.97 Å². The number of aryl methyl sites for hydroxylation is 1. The Labute approximate surface area is 140 Å². The number of carboxylic acids is 1. The molecular formula is C14H11BrCl2N2O2. The van der Waals surface area contributed by atoms with Crippen LogP contribution in [0.5, 0.6) is 0 Å². The predicted octanol–water partition coefficient (Wildman–Crippen LogP) is 5.09. The van der Waals surface area contributed by atoms with Crippen molar-refractivity contribution in [1.29, 1.82) is 0 Å².